The number of amides is 2. The van der Waals surface area contributed by atoms with Gasteiger partial charge in [-0.25, -0.2) is 0 Å². The molecular weight excluding hydrogens is 322 g/mol. The van der Waals surface area contributed by atoms with Gasteiger partial charge in [-0.05, 0) is 17.7 Å². The molecule has 7 heteroatoms. The molecule has 2 amide bonds. The number of carboxylic acid groups (broad SMARTS) is 1. The van der Waals surface area contributed by atoms with Crippen molar-refractivity contribution >= 4 is 17.8 Å². The van der Waals surface area contributed by atoms with E-state index in [1.54, 1.807) is 30.3 Å². The SMILES string of the molecule is O=C(O)CC(NCc1ccccc1)C(=O)NNC(=O)c1ccccc1. The van der Waals surface area contributed by atoms with E-state index in [1.807, 2.05) is 30.3 Å². The summed E-state index contributed by atoms with van der Waals surface area (Å²) in [5, 5.41) is 11.9. The molecule has 0 spiro atoms. The van der Waals surface area contributed by atoms with E-state index in [9.17, 15) is 14.4 Å². The summed E-state index contributed by atoms with van der Waals surface area (Å²) in [4.78, 5) is 35.1. The quantitative estimate of drug-likeness (QED) is 0.564. The summed E-state index contributed by atoms with van der Waals surface area (Å²) in [5.41, 5.74) is 5.84. The van der Waals surface area contributed by atoms with E-state index in [4.69, 9.17) is 5.11 Å². The molecule has 7 nitrogen and oxygen atoms in total. The number of hydrogen-bond donors (Lipinski definition) is 4. The Hall–Kier alpha value is -3.19. The monoisotopic (exact) mass is 341 g/mol. The van der Waals surface area contributed by atoms with Gasteiger partial charge in [0.1, 0.15) is 0 Å². The summed E-state index contributed by atoms with van der Waals surface area (Å²) in [6.07, 6.45) is -0.403. The normalized spacial score (nSPS) is 11.4. The lowest BCUT2D eigenvalue weighted by Crippen LogP contribution is -2.51. The highest BCUT2D eigenvalue weighted by Gasteiger charge is 2.21. The van der Waals surface area contributed by atoms with E-state index in [2.05, 4.69) is 16.2 Å². The highest BCUT2D eigenvalue weighted by molar-refractivity contribution is 5.96. The molecule has 25 heavy (non-hydrogen) atoms. The number of benzene rings is 2. The fraction of sp³-hybridized carbons (Fsp3) is 0.167. The molecule has 1 unspecified atom stereocenters. The minimum atomic E-state index is -1.12. The van der Waals surface area contributed by atoms with Gasteiger partial charge >= 0.3 is 5.97 Å². The molecule has 4 N–H and O–H groups in total. The lowest BCUT2D eigenvalue weighted by molar-refractivity contribution is -0.140. The van der Waals surface area contributed by atoms with E-state index < -0.39 is 30.2 Å². The van der Waals surface area contributed by atoms with Crippen molar-refractivity contribution in [3.05, 3.63) is 71.8 Å². The zero-order valence-corrected chi connectivity index (χ0v) is 13.4. The van der Waals surface area contributed by atoms with E-state index in [0.717, 1.165) is 5.56 Å². The fourth-order valence-electron chi connectivity index (χ4n) is 2.14. The third-order valence-electron chi connectivity index (χ3n) is 3.43. The number of hydrogen-bond acceptors (Lipinski definition) is 4. The molecule has 130 valence electrons. The number of aliphatic carboxylic acids is 1. The number of nitrogens with one attached hydrogen (secondary N) is 3. The molecule has 2 rings (SSSR count). The first-order valence-electron chi connectivity index (χ1n) is 7.70. The molecule has 0 aliphatic rings. The van der Waals surface area contributed by atoms with Crippen LogP contribution in [0.1, 0.15) is 22.3 Å². The molecule has 1 atom stereocenters. The largest absolute Gasteiger partial charge is 0.481 e. The van der Waals surface area contributed by atoms with Crippen molar-refractivity contribution in [3.63, 3.8) is 0 Å². The smallest absolute Gasteiger partial charge is 0.305 e. The first-order valence-corrected chi connectivity index (χ1v) is 7.70. The molecule has 0 saturated heterocycles. The summed E-state index contributed by atoms with van der Waals surface area (Å²) in [7, 11) is 0. The van der Waals surface area contributed by atoms with Crippen LogP contribution in [0.5, 0.6) is 0 Å². The fourth-order valence-corrected chi connectivity index (χ4v) is 2.14. The van der Waals surface area contributed by atoms with Crippen molar-refractivity contribution in [3.8, 4) is 0 Å². The van der Waals surface area contributed by atoms with Crippen LogP contribution in [0.2, 0.25) is 0 Å². The van der Waals surface area contributed by atoms with Crippen LogP contribution >= 0.6 is 0 Å². The molecule has 2 aromatic rings. The third kappa shape index (κ3) is 6.08. The minimum Gasteiger partial charge on any atom is -0.481 e. The van der Waals surface area contributed by atoms with Gasteiger partial charge in [0.15, 0.2) is 0 Å². The van der Waals surface area contributed by atoms with Crippen molar-refractivity contribution in [2.75, 3.05) is 0 Å². The Morgan fingerprint density at radius 1 is 0.880 bits per heavy atom. The molecule has 2 aromatic carbocycles. The molecule has 0 bridgehead atoms. The van der Waals surface area contributed by atoms with Crippen LogP contribution in [0.15, 0.2) is 60.7 Å². The van der Waals surface area contributed by atoms with Crippen molar-refractivity contribution in [1.29, 1.82) is 0 Å². The molecule has 0 aliphatic carbocycles. The maximum atomic E-state index is 12.2. The summed E-state index contributed by atoms with van der Waals surface area (Å²) in [5.74, 6) is -2.22. The predicted molar refractivity (Wildman–Crippen MR) is 91.4 cm³/mol. The maximum absolute atomic E-state index is 12.2. The van der Waals surface area contributed by atoms with E-state index in [1.165, 1.54) is 0 Å². The van der Waals surface area contributed by atoms with Gasteiger partial charge in [-0.15, -0.1) is 0 Å². The van der Waals surface area contributed by atoms with E-state index in [-0.39, 0.29) is 0 Å². The van der Waals surface area contributed by atoms with Gasteiger partial charge in [-0.2, -0.15) is 0 Å². The number of rotatable bonds is 7. The molecule has 0 saturated carbocycles. The van der Waals surface area contributed by atoms with Crippen LogP contribution in [-0.2, 0) is 16.1 Å². The Morgan fingerprint density at radius 2 is 1.48 bits per heavy atom. The summed E-state index contributed by atoms with van der Waals surface area (Å²) >= 11 is 0. The van der Waals surface area contributed by atoms with Gasteiger partial charge in [-0.3, -0.25) is 25.2 Å². The lowest BCUT2D eigenvalue weighted by atomic mass is 10.1. The van der Waals surface area contributed by atoms with Crippen LogP contribution in [0.25, 0.3) is 0 Å². The molecule has 0 fully saturated rings. The average molecular weight is 341 g/mol. The lowest BCUT2D eigenvalue weighted by Gasteiger charge is -2.17. The first-order chi connectivity index (χ1) is 12.1. The van der Waals surface area contributed by atoms with Crippen molar-refractivity contribution < 1.29 is 19.5 Å². The second-order valence-corrected chi connectivity index (χ2v) is 5.33. The minimum absolute atomic E-state index is 0.332. The second kappa shape index (κ2) is 9.19. The summed E-state index contributed by atoms with van der Waals surface area (Å²) < 4.78 is 0. The van der Waals surface area contributed by atoms with E-state index in [0.29, 0.717) is 12.1 Å². The number of hydrazine groups is 1. The number of carbonyl (C=O) groups is 3. The summed E-state index contributed by atoms with van der Waals surface area (Å²) in [6, 6.07) is 16.7. The number of carbonyl (C=O) groups excluding carboxylic acids is 2. The van der Waals surface area contributed by atoms with Crippen LogP contribution in [0, 0.1) is 0 Å². The van der Waals surface area contributed by atoms with Gasteiger partial charge in [-0.1, -0.05) is 48.5 Å². The molecule has 0 aromatic heterocycles. The average Bonchev–Trinajstić information content (AvgIpc) is 2.64. The highest BCUT2D eigenvalue weighted by atomic mass is 16.4. The van der Waals surface area contributed by atoms with Gasteiger partial charge in [0.2, 0.25) is 0 Å². The second-order valence-electron chi connectivity index (χ2n) is 5.33. The summed E-state index contributed by atoms with van der Waals surface area (Å²) in [6.45, 7) is 0.332. The van der Waals surface area contributed by atoms with Crippen LogP contribution in [0.4, 0.5) is 0 Å². The van der Waals surface area contributed by atoms with Crippen molar-refractivity contribution in [1.82, 2.24) is 16.2 Å². The van der Waals surface area contributed by atoms with Gasteiger partial charge < -0.3 is 10.4 Å². The zero-order valence-electron chi connectivity index (χ0n) is 13.4. The Balaban J connectivity index is 1.91. The topological polar surface area (TPSA) is 108 Å². The van der Waals surface area contributed by atoms with Gasteiger partial charge in [0, 0.05) is 12.1 Å². The van der Waals surface area contributed by atoms with Crippen LogP contribution in [-0.4, -0.2) is 28.9 Å². The third-order valence-corrected chi connectivity index (χ3v) is 3.43. The highest BCUT2D eigenvalue weighted by Crippen LogP contribution is 2.01. The van der Waals surface area contributed by atoms with Gasteiger partial charge in [0.05, 0.1) is 12.5 Å². The van der Waals surface area contributed by atoms with Crippen LogP contribution < -0.4 is 16.2 Å². The molecule has 0 aliphatic heterocycles. The maximum Gasteiger partial charge on any atom is 0.305 e. The molecule has 0 heterocycles. The van der Waals surface area contributed by atoms with Crippen molar-refractivity contribution in [2.24, 2.45) is 0 Å². The Morgan fingerprint density at radius 3 is 2.08 bits per heavy atom. The van der Waals surface area contributed by atoms with Gasteiger partial charge in [0.25, 0.3) is 11.8 Å². The Kier molecular flexibility index (Phi) is 6.67. The van der Waals surface area contributed by atoms with Crippen molar-refractivity contribution in [2.45, 2.75) is 19.0 Å². The Bertz CT molecular complexity index is 720. The Labute approximate surface area is 145 Å². The van der Waals surface area contributed by atoms with Crippen LogP contribution in [0.3, 0.4) is 0 Å². The molecule has 0 radical (unpaired) electrons. The zero-order chi connectivity index (χ0) is 18.1. The predicted octanol–water partition coefficient (Wildman–Crippen LogP) is 1.08. The van der Waals surface area contributed by atoms with E-state index >= 15 is 0 Å². The first kappa shape index (κ1) is 18.2. The standard InChI is InChI=1S/C18H19N3O4/c22-16(23)11-15(19-12-13-7-3-1-4-8-13)18(25)21-20-17(24)14-9-5-2-6-10-14/h1-10,15,19H,11-12H2,(H,20,24)(H,21,25)(H,22,23). The molecular formula is C18H19N3O4. The number of carboxylic acids is 1.